The summed E-state index contributed by atoms with van der Waals surface area (Å²) >= 11 is 5.72. The minimum absolute atomic E-state index is 0.0778. The highest BCUT2D eigenvalue weighted by Gasteiger charge is 1.93. The lowest BCUT2D eigenvalue weighted by atomic mass is 10.1. The lowest BCUT2D eigenvalue weighted by Crippen LogP contribution is -1.81. The largest absolute Gasteiger partial charge is 0.392 e. The van der Waals surface area contributed by atoms with Crippen LogP contribution in [0.25, 0.3) is 5.57 Å². The summed E-state index contributed by atoms with van der Waals surface area (Å²) in [6, 6.07) is 7.55. The SMILES string of the molecule is C/C(=C\CO)c1ccc(Cl)cc1. The average Bonchev–Trinajstić information content (AvgIpc) is 2.06. The third-order valence-corrected chi connectivity index (χ3v) is 1.95. The molecule has 0 unspecified atom stereocenters. The van der Waals surface area contributed by atoms with Crippen molar-refractivity contribution in [1.82, 2.24) is 0 Å². The van der Waals surface area contributed by atoms with E-state index >= 15 is 0 Å². The third kappa shape index (κ3) is 2.36. The van der Waals surface area contributed by atoms with Gasteiger partial charge in [0.05, 0.1) is 6.61 Å². The zero-order chi connectivity index (χ0) is 8.97. The van der Waals surface area contributed by atoms with Gasteiger partial charge in [-0.05, 0) is 30.2 Å². The Morgan fingerprint density at radius 2 is 2.00 bits per heavy atom. The van der Waals surface area contributed by atoms with E-state index in [0.717, 1.165) is 16.2 Å². The molecule has 0 fully saturated rings. The molecule has 1 N–H and O–H groups in total. The summed E-state index contributed by atoms with van der Waals surface area (Å²) in [6.45, 7) is 2.04. The molecule has 2 heteroatoms. The summed E-state index contributed by atoms with van der Waals surface area (Å²) in [5.74, 6) is 0. The molecule has 0 spiro atoms. The first-order valence-electron chi connectivity index (χ1n) is 3.77. The molecule has 0 amide bonds. The van der Waals surface area contributed by atoms with E-state index in [2.05, 4.69) is 0 Å². The second-order valence-corrected chi connectivity index (χ2v) is 3.01. The van der Waals surface area contributed by atoms with Crippen molar-refractivity contribution in [2.45, 2.75) is 6.92 Å². The maximum atomic E-state index is 8.65. The normalized spacial score (nSPS) is 11.8. The molecule has 1 rings (SSSR count). The molecule has 0 aliphatic carbocycles. The molecule has 0 aliphatic rings. The van der Waals surface area contributed by atoms with E-state index < -0.39 is 0 Å². The minimum atomic E-state index is 0.0778. The fourth-order valence-corrected chi connectivity index (χ4v) is 1.09. The second kappa shape index (κ2) is 4.29. The summed E-state index contributed by atoms with van der Waals surface area (Å²) in [6.07, 6.45) is 1.77. The Hall–Kier alpha value is -0.790. The van der Waals surface area contributed by atoms with E-state index in [-0.39, 0.29) is 6.61 Å². The molecule has 64 valence electrons. The molecule has 1 aromatic rings. The molecular formula is C10H11ClO. The number of benzene rings is 1. The van der Waals surface area contributed by atoms with Crippen molar-refractivity contribution >= 4 is 17.2 Å². The van der Waals surface area contributed by atoms with E-state index in [4.69, 9.17) is 16.7 Å². The predicted molar refractivity (Wildman–Crippen MR) is 52.2 cm³/mol. The lowest BCUT2D eigenvalue weighted by molar-refractivity contribution is 0.343. The van der Waals surface area contributed by atoms with Crippen LogP contribution in [0.5, 0.6) is 0 Å². The quantitative estimate of drug-likeness (QED) is 0.746. The number of rotatable bonds is 2. The minimum Gasteiger partial charge on any atom is -0.392 e. The maximum absolute atomic E-state index is 8.65. The first-order valence-corrected chi connectivity index (χ1v) is 4.15. The Labute approximate surface area is 77.3 Å². The molecule has 12 heavy (non-hydrogen) atoms. The van der Waals surface area contributed by atoms with E-state index in [9.17, 15) is 0 Å². The van der Waals surface area contributed by atoms with Crippen molar-refractivity contribution in [1.29, 1.82) is 0 Å². The molecule has 1 aromatic carbocycles. The Morgan fingerprint density at radius 3 is 2.50 bits per heavy atom. The Balaban J connectivity index is 2.89. The zero-order valence-electron chi connectivity index (χ0n) is 6.92. The number of halogens is 1. The van der Waals surface area contributed by atoms with Crippen LogP contribution in [0.15, 0.2) is 30.3 Å². The highest BCUT2D eigenvalue weighted by Crippen LogP contribution is 2.16. The highest BCUT2D eigenvalue weighted by atomic mass is 35.5. The summed E-state index contributed by atoms with van der Waals surface area (Å²) in [5.41, 5.74) is 2.16. The Bertz CT molecular complexity index is 274. The second-order valence-electron chi connectivity index (χ2n) is 2.58. The van der Waals surface area contributed by atoms with Gasteiger partial charge in [0, 0.05) is 5.02 Å². The van der Waals surface area contributed by atoms with Gasteiger partial charge < -0.3 is 5.11 Å². The van der Waals surface area contributed by atoms with Crippen molar-refractivity contribution in [3.63, 3.8) is 0 Å². The molecule has 1 nitrogen and oxygen atoms in total. The van der Waals surface area contributed by atoms with Crippen LogP contribution in [-0.2, 0) is 0 Å². The summed E-state index contributed by atoms with van der Waals surface area (Å²) < 4.78 is 0. The van der Waals surface area contributed by atoms with Crippen molar-refractivity contribution in [2.24, 2.45) is 0 Å². The summed E-state index contributed by atoms with van der Waals surface area (Å²) in [7, 11) is 0. The van der Waals surface area contributed by atoms with Crippen LogP contribution in [0.4, 0.5) is 0 Å². The molecule has 0 saturated carbocycles. The number of aliphatic hydroxyl groups excluding tert-OH is 1. The first kappa shape index (κ1) is 9.30. The molecule has 0 radical (unpaired) electrons. The van der Waals surface area contributed by atoms with Crippen LogP contribution in [0, 0.1) is 0 Å². The monoisotopic (exact) mass is 182 g/mol. The predicted octanol–water partition coefficient (Wildman–Crippen LogP) is 2.74. The smallest absolute Gasteiger partial charge is 0.0618 e. The van der Waals surface area contributed by atoms with Crippen molar-refractivity contribution in [3.8, 4) is 0 Å². The maximum Gasteiger partial charge on any atom is 0.0618 e. The molecule has 0 heterocycles. The van der Waals surface area contributed by atoms with Gasteiger partial charge in [-0.15, -0.1) is 0 Å². The van der Waals surface area contributed by atoms with E-state index in [1.807, 2.05) is 31.2 Å². The standard InChI is InChI=1S/C10H11ClO/c1-8(6-7-12)9-2-4-10(11)5-3-9/h2-6,12H,7H2,1H3/b8-6+. The molecule has 0 aliphatic heterocycles. The van der Waals surface area contributed by atoms with Crippen LogP contribution in [-0.4, -0.2) is 11.7 Å². The van der Waals surface area contributed by atoms with Crippen LogP contribution in [0.1, 0.15) is 12.5 Å². The fourth-order valence-electron chi connectivity index (χ4n) is 0.968. The Morgan fingerprint density at radius 1 is 1.42 bits per heavy atom. The van der Waals surface area contributed by atoms with Gasteiger partial charge in [-0.25, -0.2) is 0 Å². The van der Waals surface area contributed by atoms with Gasteiger partial charge in [0.2, 0.25) is 0 Å². The van der Waals surface area contributed by atoms with Gasteiger partial charge >= 0.3 is 0 Å². The summed E-state index contributed by atoms with van der Waals surface area (Å²) in [5, 5.41) is 9.38. The number of allylic oxidation sites excluding steroid dienone is 1. The molecule has 0 atom stereocenters. The highest BCUT2D eigenvalue weighted by molar-refractivity contribution is 6.30. The third-order valence-electron chi connectivity index (χ3n) is 1.70. The lowest BCUT2D eigenvalue weighted by Gasteiger charge is -1.99. The van der Waals surface area contributed by atoms with Gasteiger partial charge in [0.25, 0.3) is 0 Å². The van der Waals surface area contributed by atoms with Gasteiger partial charge in [-0.2, -0.15) is 0 Å². The molecule has 0 saturated heterocycles. The summed E-state index contributed by atoms with van der Waals surface area (Å²) in [4.78, 5) is 0. The van der Waals surface area contributed by atoms with Gasteiger partial charge in [-0.3, -0.25) is 0 Å². The van der Waals surface area contributed by atoms with Gasteiger partial charge in [-0.1, -0.05) is 29.8 Å². The molecular weight excluding hydrogens is 172 g/mol. The number of hydrogen-bond donors (Lipinski definition) is 1. The van der Waals surface area contributed by atoms with Gasteiger partial charge in [0.1, 0.15) is 0 Å². The van der Waals surface area contributed by atoms with Gasteiger partial charge in [0.15, 0.2) is 0 Å². The molecule has 0 bridgehead atoms. The zero-order valence-corrected chi connectivity index (χ0v) is 7.67. The number of aliphatic hydroxyl groups is 1. The first-order chi connectivity index (χ1) is 5.74. The van der Waals surface area contributed by atoms with Crippen molar-refractivity contribution in [3.05, 3.63) is 40.9 Å². The van der Waals surface area contributed by atoms with Crippen LogP contribution in [0.2, 0.25) is 5.02 Å². The van der Waals surface area contributed by atoms with E-state index in [1.165, 1.54) is 0 Å². The van der Waals surface area contributed by atoms with Crippen molar-refractivity contribution < 1.29 is 5.11 Å². The van der Waals surface area contributed by atoms with E-state index in [0.29, 0.717) is 0 Å². The average molecular weight is 183 g/mol. The Kier molecular flexibility index (Phi) is 3.32. The van der Waals surface area contributed by atoms with Crippen molar-refractivity contribution in [2.75, 3.05) is 6.61 Å². The van der Waals surface area contributed by atoms with E-state index in [1.54, 1.807) is 6.08 Å². The van der Waals surface area contributed by atoms with Crippen LogP contribution < -0.4 is 0 Å². The fraction of sp³-hybridized carbons (Fsp3) is 0.200. The van der Waals surface area contributed by atoms with Crippen LogP contribution in [0.3, 0.4) is 0 Å². The molecule has 0 aromatic heterocycles. The number of hydrogen-bond acceptors (Lipinski definition) is 1. The topological polar surface area (TPSA) is 20.2 Å². The van der Waals surface area contributed by atoms with Crippen LogP contribution >= 0.6 is 11.6 Å².